The SMILES string of the molecule is Cc1cc(Cl)nc(Cl)c1NC(=O)c1ccc(N)cc1F. The van der Waals surface area contributed by atoms with Gasteiger partial charge in [0.1, 0.15) is 11.0 Å². The average Bonchev–Trinajstić information content (AvgIpc) is 2.33. The van der Waals surface area contributed by atoms with Crippen molar-refractivity contribution in [3.63, 3.8) is 0 Å². The molecule has 0 radical (unpaired) electrons. The van der Waals surface area contributed by atoms with E-state index < -0.39 is 11.7 Å². The number of hydrogen-bond donors (Lipinski definition) is 2. The smallest absolute Gasteiger partial charge is 0.258 e. The summed E-state index contributed by atoms with van der Waals surface area (Å²) in [6.07, 6.45) is 0. The van der Waals surface area contributed by atoms with Crippen LogP contribution in [0.4, 0.5) is 15.8 Å². The average molecular weight is 314 g/mol. The van der Waals surface area contributed by atoms with Gasteiger partial charge >= 0.3 is 0 Å². The number of carbonyl (C=O) groups excluding carboxylic acids is 1. The molecule has 0 atom stereocenters. The highest BCUT2D eigenvalue weighted by molar-refractivity contribution is 6.35. The monoisotopic (exact) mass is 313 g/mol. The number of aromatic nitrogens is 1. The summed E-state index contributed by atoms with van der Waals surface area (Å²) in [5.74, 6) is -1.35. The molecule has 104 valence electrons. The molecule has 0 spiro atoms. The number of nitrogens with two attached hydrogens (primary N) is 1. The maximum absolute atomic E-state index is 13.7. The van der Waals surface area contributed by atoms with E-state index in [4.69, 9.17) is 28.9 Å². The zero-order chi connectivity index (χ0) is 14.9. The lowest BCUT2D eigenvalue weighted by Crippen LogP contribution is -2.15. The van der Waals surface area contributed by atoms with Crippen molar-refractivity contribution in [1.82, 2.24) is 4.98 Å². The van der Waals surface area contributed by atoms with E-state index in [1.165, 1.54) is 12.1 Å². The predicted molar refractivity (Wildman–Crippen MR) is 77.8 cm³/mol. The minimum atomic E-state index is -0.710. The maximum atomic E-state index is 13.7. The highest BCUT2D eigenvalue weighted by Gasteiger charge is 2.15. The third-order valence-corrected chi connectivity index (χ3v) is 3.08. The predicted octanol–water partition coefficient (Wildman–Crippen LogP) is 3.67. The highest BCUT2D eigenvalue weighted by Crippen LogP contribution is 2.27. The molecule has 1 aromatic carbocycles. The maximum Gasteiger partial charge on any atom is 0.258 e. The van der Waals surface area contributed by atoms with Gasteiger partial charge in [0.15, 0.2) is 5.15 Å². The van der Waals surface area contributed by atoms with E-state index in [1.54, 1.807) is 13.0 Å². The molecule has 1 amide bonds. The summed E-state index contributed by atoms with van der Waals surface area (Å²) in [5.41, 5.74) is 6.44. The fourth-order valence-electron chi connectivity index (χ4n) is 1.64. The summed E-state index contributed by atoms with van der Waals surface area (Å²) < 4.78 is 13.7. The molecule has 20 heavy (non-hydrogen) atoms. The van der Waals surface area contributed by atoms with E-state index in [0.717, 1.165) is 6.07 Å². The van der Waals surface area contributed by atoms with Gasteiger partial charge in [0.2, 0.25) is 0 Å². The van der Waals surface area contributed by atoms with Crippen LogP contribution in [0.1, 0.15) is 15.9 Å². The van der Waals surface area contributed by atoms with Crippen LogP contribution in [-0.2, 0) is 0 Å². The Labute approximate surface area is 124 Å². The van der Waals surface area contributed by atoms with Crippen LogP contribution in [0.15, 0.2) is 24.3 Å². The van der Waals surface area contributed by atoms with Gasteiger partial charge in [0.25, 0.3) is 5.91 Å². The number of pyridine rings is 1. The summed E-state index contributed by atoms with van der Waals surface area (Å²) in [6.45, 7) is 1.70. The van der Waals surface area contributed by atoms with E-state index >= 15 is 0 Å². The molecule has 4 nitrogen and oxygen atoms in total. The van der Waals surface area contributed by atoms with E-state index in [0.29, 0.717) is 5.56 Å². The molecule has 7 heteroatoms. The van der Waals surface area contributed by atoms with Crippen molar-refractivity contribution in [2.24, 2.45) is 0 Å². The van der Waals surface area contributed by atoms with Crippen LogP contribution in [0.2, 0.25) is 10.3 Å². The van der Waals surface area contributed by atoms with E-state index in [2.05, 4.69) is 10.3 Å². The van der Waals surface area contributed by atoms with Gasteiger partial charge in [-0.1, -0.05) is 23.2 Å². The number of benzene rings is 1. The minimum absolute atomic E-state index is 0.0409. The first-order valence-corrected chi connectivity index (χ1v) is 6.33. The van der Waals surface area contributed by atoms with Gasteiger partial charge in [-0.15, -0.1) is 0 Å². The van der Waals surface area contributed by atoms with Crippen LogP contribution in [0, 0.1) is 12.7 Å². The summed E-state index contributed by atoms with van der Waals surface area (Å²) in [7, 11) is 0. The molecule has 0 aliphatic carbocycles. The number of nitrogens with zero attached hydrogens (tertiary/aromatic N) is 1. The molecule has 0 saturated carbocycles. The molecule has 2 rings (SSSR count). The molecule has 0 bridgehead atoms. The molecule has 0 aliphatic heterocycles. The van der Waals surface area contributed by atoms with Gasteiger partial charge in [0.05, 0.1) is 11.3 Å². The van der Waals surface area contributed by atoms with Crippen LogP contribution >= 0.6 is 23.2 Å². The standard InChI is InChI=1S/C13H10Cl2FN3O/c1-6-4-10(14)18-12(15)11(6)19-13(20)8-3-2-7(17)5-9(8)16/h2-5H,17H2,1H3,(H,19,20). The first-order valence-electron chi connectivity index (χ1n) is 5.57. The first kappa shape index (κ1) is 14.6. The van der Waals surface area contributed by atoms with Gasteiger partial charge in [-0.2, -0.15) is 0 Å². The largest absolute Gasteiger partial charge is 0.399 e. The summed E-state index contributed by atoms with van der Waals surface area (Å²) in [5, 5.41) is 2.76. The van der Waals surface area contributed by atoms with Gasteiger partial charge in [-0.3, -0.25) is 4.79 Å². The third kappa shape index (κ3) is 3.00. The number of amides is 1. The topological polar surface area (TPSA) is 68.0 Å². The Hall–Kier alpha value is -1.85. The van der Waals surface area contributed by atoms with Crippen molar-refractivity contribution in [2.75, 3.05) is 11.1 Å². The Morgan fingerprint density at radius 3 is 2.65 bits per heavy atom. The number of carbonyl (C=O) groups is 1. The quantitative estimate of drug-likeness (QED) is 0.656. The van der Waals surface area contributed by atoms with Gasteiger partial charge in [0, 0.05) is 5.69 Å². The zero-order valence-corrected chi connectivity index (χ0v) is 11.9. The Morgan fingerprint density at radius 1 is 1.35 bits per heavy atom. The second kappa shape index (κ2) is 5.64. The van der Waals surface area contributed by atoms with E-state index in [9.17, 15) is 9.18 Å². The number of aryl methyl sites for hydroxylation is 1. The molecule has 2 aromatic rings. The number of nitrogen functional groups attached to an aromatic ring is 1. The zero-order valence-electron chi connectivity index (χ0n) is 10.4. The fourth-order valence-corrected chi connectivity index (χ4v) is 2.22. The fraction of sp³-hybridized carbons (Fsp3) is 0.0769. The molecule has 0 unspecified atom stereocenters. The Morgan fingerprint density at radius 2 is 2.05 bits per heavy atom. The third-order valence-electron chi connectivity index (χ3n) is 2.62. The van der Waals surface area contributed by atoms with Gasteiger partial charge < -0.3 is 11.1 Å². The second-order valence-electron chi connectivity index (χ2n) is 4.12. The Balaban J connectivity index is 2.33. The van der Waals surface area contributed by atoms with Crippen LogP contribution in [-0.4, -0.2) is 10.9 Å². The lowest BCUT2D eigenvalue weighted by Gasteiger charge is -2.11. The molecular weight excluding hydrogens is 304 g/mol. The number of nitrogens with one attached hydrogen (secondary N) is 1. The Kier molecular flexibility index (Phi) is 4.11. The van der Waals surface area contributed by atoms with E-state index in [1.807, 2.05) is 0 Å². The van der Waals surface area contributed by atoms with Crippen molar-refractivity contribution in [1.29, 1.82) is 0 Å². The van der Waals surface area contributed by atoms with Gasteiger partial charge in [-0.25, -0.2) is 9.37 Å². The molecule has 3 N–H and O–H groups in total. The van der Waals surface area contributed by atoms with Crippen LogP contribution in [0.3, 0.4) is 0 Å². The lowest BCUT2D eigenvalue weighted by molar-refractivity contribution is 0.102. The molecule has 0 saturated heterocycles. The molecule has 1 heterocycles. The van der Waals surface area contributed by atoms with Crippen molar-refractivity contribution in [2.45, 2.75) is 6.92 Å². The number of hydrogen-bond acceptors (Lipinski definition) is 3. The molecule has 0 fully saturated rings. The van der Waals surface area contributed by atoms with Gasteiger partial charge in [-0.05, 0) is 36.8 Å². The van der Waals surface area contributed by atoms with Crippen molar-refractivity contribution < 1.29 is 9.18 Å². The molecule has 0 aliphatic rings. The first-order chi connectivity index (χ1) is 9.38. The second-order valence-corrected chi connectivity index (χ2v) is 4.87. The number of halogens is 3. The van der Waals surface area contributed by atoms with Crippen molar-refractivity contribution in [3.8, 4) is 0 Å². The van der Waals surface area contributed by atoms with Crippen LogP contribution in [0.25, 0.3) is 0 Å². The van der Waals surface area contributed by atoms with Crippen LogP contribution in [0.5, 0.6) is 0 Å². The molecule has 1 aromatic heterocycles. The minimum Gasteiger partial charge on any atom is -0.399 e. The summed E-state index contributed by atoms with van der Waals surface area (Å²) in [4.78, 5) is 15.8. The summed E-state index contributed by atoms with van der Waals surface area (Å²) in [6, 6.07) is 5.35. The van der Waals surface area contributed by atoms with Crippen LogP contribution < -0.4 is 11.1 Å². The van der Waals surface area contributed by atoms with Crippen molar-refractivity contribution in [3.05, 3.63) is 51.5 Å². The van der Waals surface area contributed by atoms with E-state index in [-0.39, 0.29) is 27.2 Å². The lowest BCUT2D eigenvalue weighted by atomic mass is 10.1. The summed E-state index contributed by atoms with van der Waals surface area (Å²) >= 11 is 11.6. The molecular formula is C13H10Cl2FN3O. The van der Waals surface area contributed by atoms with Crippen molar-refractivity contribution >= 4 is 40.5 Å². The number of anilines is 2. The normalized spacial score (nSPS) is 10.4. The highest BCUT2D eigenvalue weighted by atomic mass is 35.5. The Bertz CT molecular complexity index is 668. The number of rotatable bonds is 2.